The molecule has 0 aliphatic heterocycles. The summed E-state index contributed by atoms with van der Waals surface area (Å²) in [6.45, 7) is 1.61. The zero-order valence-electron chi connectivity index (χ0n) is 9.49. The molecule has 0 aliphatic carbocycles. The molecule has 0 radical (unpaired) electrons. The molecule has 1 aromatic carbocycles. The lowest BCUT2D eigenvalue weighted by Gasteiger charge is -1.96. The highest BCUT2D eigenvalue weighted by molar-refractivity contribution is 5.93. The molecule has 18 heavy (non-hydrogen) atoms. The zero-order valence-corrected chi connectivity index (χ0v) is 9.49. The average Bonchev–Trinajstić information content (AvgIpc) is 2.78. The Kier molecular flexibility index (Phi) is 3.33. The first kappa shape index (κ1) is 11.8. The molecule has 0 fully saturated rings. The van der Waals surface area contributed by atoms with Gasteiger partial charge >= 0.3 is 0 Å². The van der Waals surface area contributed by atoms with Gasteiger partial charge in [-0.05, 0) is 41.9 Å². The monoisotopic (exact) mass is 246 g/mol. The summed E-state index contributed by atoms with van der Waals surface area (Å²) in [5.41, 5.74) is 3.52. The number of carbonyl (C=O) groups excluding carboxylic acids is 1. The van der Waals surface area contributed by atoms with Crippen LogP contribution in [-0.4, -0.2) is 27.5 Å². The van der Waals surface area contributed by atoms with Crippen molar-refractivity contribution in [3.63, 3.8) is 0 Å². The van der Waals surface area contributed by atoms with Gasteiger partial charge in [-0.3, -0.25) is 4.79 Å². The molecule has 2 N–H and O–H groups in total. The molecular formula is C11H10N4O3. The van der Waals surface area contributed by atoms with Crippen LogP contribution < -0.4 is 5.43 Å². The Morgan fingerprint density at radius 3 is 2.72 bits per heavy atom. The third-order valence-electron chi connectivity index (χ3n) is 2.14. The maximum Gasteiger partial charge on any atom is 0.295 e. The fourth-order valence-electron chi connectivity index (χ4n) is 1.22. The Balaban J connectivity index is 1.98. The fraction of sp³-hybridized carbons (Fsp3) is 0.0909. The molecule has 2 rings (SSSR count). The van der Waals surface area contributed by atoms with Crippen molar-refractivity contribution in [3.05, 3.63) is 41.2 Å². The van der Waals surface area contributed by atoms with Crippen LogP contribution in [0.25, 0.3) is 0 Å². The summed E-state index contributed by atoms with van der Waals surface area (Å²) in [5, 5.41) is 19.8. The number of phenolic OH excluding ortho intramolecular Hbond substituents is 1. The van der Waals surface area contributed by atoms with E-state index in [-0.39, 0.29) is 11.4 Å². The Labute approximate surface area is 102 Å². The van der Waals surface area contributed by atoms with E-state index in [1.54, 1.807) is 19.1 Å². The van der Waals surface area contributed by atoms with E-state index in [2.05, 4.69) is 25.5 Å². The minimum atomic E-state index is -0.497. The van der Waals surface area contributed by atoms with Crippen LogP contribution in [0.5, 0.6) is 5.75 Å². The number of hydrogen-bond donors (Lipinski definition) is 2. The van der Waals surface area contributed by atoms with Crippen LogP contribution in [0.15, 0.2) is 34.0 Å². The van der Waals surface area contributed by atoms with Crippen molar-refractivity contribution in [1.29, 1.82) is 0 Å². The number of benzene rings is 1. The van der Waals surface area contributed by atoms with Gasteiger partial charge in [-0.2, -0.15) is 5.10 Å². The quantitative estimate of drug-likeness (QED) is 0.617. The number of aromatic hydroxyl groups is 1. The zero-order chi connectivity index (χ0) is 13.0. The molecule has 1 amide bonds. The second-order valence-electron chi connectivity index (χ2n) is 3.49. The molecule has 0 atom stereocenters. The van der Waals surface area contributed by atoms with Gasteiger partial charge in [-0.15, -0.1) is 0 Å². The second-order valence-corrected chi connectivity index (χ2v) is 3.49. The lowest BCUT2D eigenvalue weighted by Crippen LogP contribution is -2.19. The van der Waals surface area contributed by atoms with Crippen LogP contribution in [-0.2, 0) is 0 Å². The summed E-state index contributed by atoms with van der Waals surface area (Å²) in [6.07, 6.45) is 1.44. The maximum atomic E-state index is 11.5. The highest BCUT2D eigenvalue weighted by atomic mass is 16.6. The summed E-state index contributed by atoms with van der Waals surface area (Å²) in [5.74, 6) is -0.329. The molecular weight excluding hydrogens is 236 g/mol. The first-order chi connectivity index (χ1) is 8.66. The van der Waals surface area contributed by atoms with E-state index in [1.165, 1.54) is 18.3 Å². The molecule has 1 aromatic heterocycles. The van der Waals surface area contributed by atoms with Crippen molar-refractivity contribution in [1.82, 2.24) is 15.7 Å². The van der Waals surface area contributed by atoms with Gasteiger partial charge in [0.15, 0.2) is 5.69 Å². The number of amides is 1. The van der Waals surface area contributed by atoms with Gasteiger partial charge in [0.2, 0.25) is 0 Å². The summed E-state index contributed by atoms with van der Waals surface area (Å²) in [7, 11) is 0. The van der Waals surface area contributed by atoms with Crippen LogP contribution in [0.3, 0.4) is 0 Å². The molecule has 0 aliphatic rings. The Hall–Kier alpha value is -2.70. The standard InChI is InChI=1S/C11H10N4O3/c1-7-10(15-18-14-7)11(17)13-12-6-8-2-4-9(16)5-3-8/h2-6,16H,1H3,(H,13,17)/b12-6+. The molecule has 0 bridgehead atoms. The molecule has 2 aromatic rings. The lowest BCUT2D eigenvalue weighted by molar-refractivity contribution is 0.0945. The first-order valence-corrected chi connectivity index (χ1v) is 5.08. The number of rotatable bonds is 3. The number of hydrogen-bond acceptors (Lipinski definition) is 6. The molecule has 1 heterocycles. The topological polar surface area (TPSA) is 101 Å². The number of aromatic nitrogens is 2. The molecule has 0 spiro atoms. The third-order valence-corrected chi connectivity index (χ3v) is 2.14. The second kappa shape index (κ2) is 5.09. The molecule has 7 nitrogen and oxygen atoms in total. The first-order valence-electron chi connectivity index (χ1n) is 5.08. The third kappa shape index (κ3) is 2.70. The van der Waals surface area contributed by atoms with Crippen LogP contribution in [0.1, 0.15) is 21.7 Å². The molecule has 7 heteroatoms. The Morgan fingerprint density at radius 2 is 2.11 bits per heavy atom. The predicted molar refractivity (Wildman–Crippen MR) is 62.2 cm³/mol. The van der Waals surface area contributed by atoms with Crippen molar-refractivity contribution < 1.29 is 14.5 Å². The molecule has 0 saturated heterocycles. The summed E-state index contributed by atoms with van der Waals surface area (Å²) in [4.78, 5) is 11.5. The minimum absolute atomic E-state index is 0.0952. The van der Waals surface area contributed by atoms with Crippen molar-refractivity contribution >= 4 is 12.1 Å². The van der Waals surface area contributed by atoms with E-state index in [1.807, 2.05) is 0 Å². The van der Waals surface area contributed by atoms with Crippen LogP contribution >= 0.6 is 0 Å². The number of phenols is 1. The van der Waals surface area contributed by atoms with Gasteiger partial charge in [-0.1, -0.05) is 5.16 Å². The molecule has 0 saturated carbocycles. The van der Waals surface area contributed by atoms with Crippen molar-refractivity contribution in [2.24, 2.45) is 5.10 Å². The van der Waals surface area contributed by atoms with E-state index in [9.17, 15) is 4.79 Å². The van der Waals surface area contributed by atoms with Crippen molar-refractivity contribution in [2.45, 2.75) is 6.92 Å². The van der Waals surface area contributed by atoms with Crippen molar-refractivity contribution in [3.8, 4) is 5.75 Å². The number of hydrazone groups is 1. The van der Waals surface area contributed by atoms with Gasteiger partial charge < -0.3 is 5.11 Å². The number of aryl methyl sites for hydroxylation is 1. The normalized spacial score (nSPS) is 10.7. The van der Waals surface area contributed by atoms with Gasteiger partial charge in [0.1, 0.15) is 11.4 Å². The predicted octanol–water partition coefficient (Wildman–Crippen LogP) is 0.848. The van der Waals surface area contributed by atoms with E-state index < -0.39 is 5.91 Å². The highest BCUT2D eigenvalue weighted by Gasteiger charge is 2.13. The van der Waals surface area contributed by atoms with Crippen LogP contribution in [0.4, 0.5) is 0 Å². The summed E-state index contributed by atoms with van der Waals surface area (Å²) < 4.78 is 4.40. The minimum Gasteiger partial charge on any atom is -0.508 e. The number of nitrogens with zero attached hydrogens (tertiary/aromatic N) is 3. The van der Waals surface area contributed by atoms with Gasteiger partial charge in [0.05, 0.1) is 6.21 Å². The Morgan fingerprint density at radius 1 is 1.39 bits per heavy atom. The largest absolute Gasteiger partial charge is 0.508 e. The van der Waals surface area contributed by atoms with Crippen LogP contribution in [0.2, 0.25) is 0 Å². The number of nitrogens with one attached hydrogen (secondary N) is 1. The van der Waals surface area contributed by atoms with Gasteiger partial charge in [0, 0.05) is 0 Å². The van der Waals surface area contributed by atoms with Crippen LogP contribution in [0, 0.1) is 6.92 Å². The smallest absolute Gasteiger partial charge is 0.295 e. The lowest BCUT2D eigenvalue weighted by atomic mass is 10.2. The maximum absolute atomic E-state index is 11.5. The van der Waals surface area contributed by atoms with E-state index in [4.69, 9.17) is 5.11 Å². The van der Waals surface area contributed by atoms with Gasteiger partial charge in [0.25, 0.3) is 5.91 Å². The molecule has 0 unspecified atom stereocenters. The highest BCUT2D eigenvalue weighted by Crippen LogP contribution is 2.07. The molecule has 92 valence electrons. The summed E-state index contributed by atoms with van der Waals surface area (Å²) in [6, 6.07) is 6.37. The number of carbonyl (C=O) groups is 1. The van der Waals surface area contributed by atoms with E-state index >= 15 is 0 Å². The van der Waals surface area contributed by atoms with E-state index in [0.717, 1.165) is 5.56 Å². The SMILES string of the molecule is Cc1nonc1C(=O)N/N=C/c1ccc(O)cc1. The van der Waals surface area contributed by atoms with Crippen molar-refractivity contribution in [2.75, 3.05) is 0 Å². The van der Waals surface area contributed by atoms with Gasteiger partial charge in [-0.25, -0.2) is 10.1 Å². The average molecular weight is 246 g/mol. The fourth-order valence-corrected chi connectivity index (χ4v) is 1.22. The van der Waals surface area contributed by atoms with E-state index in [0.29, 0.717) is 5.69 Å². The Bertz CT molecular complexity index is 574. The summed E-state index contributed by atoms with van der Waals surface area (Å²) >= 11 is 0.